The first-order valence-electron chi connectivity index (χ1n) is 9.70. The topological polar surface area (TPSA) is 70.1 Å². The first kappa shape index (κ1) is 18.1. The molecule has 1 unspecified atom stereocenters. The molecule has 0 fully saturated rings. The summed E-state index contributed by atoms with van der Waals surface area (Å²) in [6.07, 6.45) is 14.8. The number of aliphatic imine (C=N–C) groups is 1. The van der Waals surface area contributed by atoms with Crippen molar-refractivity contribution in [3.05, 3.63) is 60.7 Å². The number of pyridine rings is 1. The Morgan fingerprint density at radius 2 is 2.11 bits per heavy atom. The van der Waals surface area contributed by atoms with Gasteiger partial charge in [-0.2, -0.15) is 0 Å². The van der Waals surface area contributed by atoms with Crippen LogP contribution in [0.5, 0.6) is 0 Å². The summed E-state index contributed by atoms with van der Waals surface area (Å²) in [5.74, 6) is 0.965. The number of rotatable bonds is 6. The van der Waals surface area contributed by atoms with Crippen molar-refractivity contribution in [1.82, 2.24) is 24.8 Å². The molecule has 0 radical (unpaired) electrons. The summed E-state index contributed by atoms with van der Waals surface area (Å²) >= 11 is 0. The van der Waals surface area contributed by atoms with Crippen LogP contribution in [0.15, 0.2) is 60.0 Å². The van der Waals surface area contributed by atoms with E-state index in [9.17, 15) is 0 Å². The number of aromatic amines is 1. The van der Waals surface area contributed by atoms with Gasteiger partial charge >= 0.3 is 0 Å². The Kier molecular flexibility index (Phi) is 5.28. The number of aromatic nitrogens is 4. The molecule has 1 aliphatic carbocycles. The molecule has 0 saturated heterocycles. The van der Waals surface area contributed by atoms with Crippen LogP contribution >= 0.6 is 0 Å². The molecular weight excluding hydrogens is 348 g/mol. The molecule has 0 saturated carbocycles. The van der Waals surface area contributed by atoms with Crippen LogP contribution in [0, 0.1) is 0 Å². The van der Waals surface area contributed by atoms with Gasteiger partial charge in [-0.1, -0.05) is 24.3 Å². The van der Waals surface area contributed by atoms with E-state index in [1.165, 1.54) is 0 Å². The van der Waals surface area contributed by atoms with Crippen LogP contribution in [-0.2, 0) is 0 Å². The van der Waals surface area contributed by atoms with Crippen molar-refractivity contribution in [2.75, 3.05) is 13.1 Å². The zero-order valence-corrected chi connectivity index (χ0v) is 16.2. The molecule has 6 heteroatoms. The summed E-state index contributed by atoms with van der Waals surface area (Å²) in [6, 6.07) is 5.99. The van der Waals surface area contributed by atoms with E-state index in [4.69, 9.17) is 4.98 Å². The number of allylic oxidation sites excluding steroid dienone is 4. The third kappa shape index (κ3) is 3.58. The average molecular weight is 372 g/mol. The Morgan fingerprint density at radius 3 is 2.82 bits per heavy atom. The Hall–Kier alpha value is -3.28. The van der Waals surface area contributed by atoms with Crippen molar-refractivity contribution in [2.45, 2.75) is 26.2 Å². The summed E-state index contributed by atoms with van der Waals surface area (Å²) in [6.45, 7) is 6.08. The first-order valence-corrected chi connectivity index (χ1v) is 9.70. The number of nitrogens with one attached hydrogen (secondary N) is 1. The third-order valence-corrected chi connectivity index (χ3v) is 5.03. The highest BCUT2D eigenvalue weighted by molar-refractivity contribution is 5.95. The normalized spacial score (nSPS) is 16.3. The summed E-state index contributed by atoms with van der Waals surface area (Å²) in [5.41, 5.74) is 3.96. The molecule has 28 heavy (non-hydrogen) atoms. The second-order valence-corrected chi connectivity index (χ2v) is 6.69. The summed E-state index contributed by atoms with van der Waals surface area (Å²) in [5, 5.41) is 1.05. The second kappa shape index (κ2) is 8.17. The molecule has 1 aliphatic rings. The van der Waals surface area contributed by atoms with Crippen molar-refractivity contribution in [2.24, 2.45) is 4.99 Å². The molecule has 0 aliphatic heterocycles. The fourth-order valence-electron chi connectivity index (χ4n) is 3.47. The van der Waals surface area contributed by atoms with Crippen LogP contribution in [0.3, 0.4) is 0 Å². The quantitative estimate of drug-likeness (QED) is 0.506. The molecule has 6 nitrogen and oxygen atoms in total. The number of nitrogens with zero attached hydrogens (tertiary/aromatic N) is 5. The van der Waals surface area contributed by atoms with Gasteiger partial charge in [-0.05, 0) is 38.5 Å². The zero-order chi connectivity index (χ0) is 19.3. The smallest absolute Gasteiger partial charge is 0.156 e. The van der Waals surface area contributed by atoms with E-state index in [-0.39, 0.29) is 5.92 Å². The van der Waals surface area contributed by atoms with Crippen molar-refractivity contribution < 1.29 is 0 Å². The minimum absolute atomic E-state index is 0.270. The van der Waals surface area contributed by atoms with E-state index in [1.54, 1.807) is 12.5 Å². The van der Waals surface area contributed by atoms with Gasteiger partial charge in [-0.3, -0.25) is 0 Å². The van der Waals surface area contributed by atoms with Crippen molar-refractivity contribution >= 4 is 23.2 Å². The Morgan fingerprint density at radius 1 is 1.21 bits per heavy atom. The van der Waals surface area contributed by atoms with Gasteiger partial charge in [-0.15, -0.1) is 0 Å². The first-order chi connectivity index (χ1) is 13.8. The van der Waals surface area contributed by atoms with Crippen molar-refractivity contribution in [3.8, 4) is 11.3 Å². The highest BCUT2D eigenvalue weighted by Crippen LogP contribution is 2.37. The summed E-state index contributed by atoms with van der Waals surface area (Å²) < 4.78 is 0. The van der Waals surface area contributed by atoms with E-state index in [1.807, 2.05) is 18.5 Å². The van der Waals surface area contributed by atoms with E-state index in [0.29, 0.717) is 5.82 Å². The number of fused-ring (bicyclic) bond motifs is 1. The molecule has 4 rings (SSSR count). The predicted octanol–water partition coefficient (Wildman–Crippen LogP) is 4.62. The zero-order valence-electron chi connectivity index (χ0n) is 16.2. The van der Waals surface area contributed by atoms with Gasteiger partial charge in [0.2, 0.25) is 0 Å². The maximum absolute atomic E-state index is 4.75. The largest absolute Gasteiger partial charge is 0.363 e. The SMILES string of the molecule is CCN(C=Nc1ccc2c(-c3ccncn3)c(C3C=CC=CC3)[nH]c2n1)CC. The van der Waals surface area contributed by atoms with Gasteiger partial charge in [0.05, 0.1) is 12.0 Å². The molecule has 142 valence electrons. The highest BCUT2D eigenvalue weighted by Gasteiger charge is 2.21. The maximum atomic E-state index is 4.75. The van der Waals surface area contributed by atoms with Crippen LogP contribution in [0.1, 0.15) is 31.9 Å². The molecule has 0 aromatic carbocycles. The second-order valence-electron chi connectivity index (χ2n) is 6.69. The predicted molar refractivity (Wildman–Crippen MR) is 114 cm³/mol. The van der Waals surface area contributed by atoms with E-state index >= 15 is 0 Å². The molecule has 3 aromatic heterocycles. The van der Waals surface area contributed by atoms with Gasteiger partial charge in [-0.25, -0.2) is 19.9 Å². The maximum Gasteiger partial charge on any atom is 0.156 e. The Balaban J connectivity index is 1.80. The number of H-pyrrole nitrogens is 1. The van der Waals surface area contributed by atoms with Crippen molar-refractivity contribution in [1.29, 1.82) is 0 Å². The molecule has 0 bridgehead atoms. The van der Waals surface area contributed by atoms with Gasteiger partial charge in [0.25, 0.3) is 0 Å². The highest BCUT2D eigenvalue weighted by atomic mass is 15.1. The van der Waals surface area contributed by atoms with E-state index < -0.39 is 0 Å². The van der Waals surface area contributed by atoms with Crippen LogP contribution in [0.2, 0.25) is 0 Å². The lowest BCUT2D eigenvalue weighted by Crippen LogP contribution is -2.20. The molecule has 0 spiro atoms. The van der Waals surface area contributed by atoms with E-state index in [0.717, 1.165) is 47.5 Å². The van der Waals surface area contributed by atoms with Gasteiger partial charge < -0.3 is 9.88 Å². The minimum Gasteiger partial charge on any atom is -0.363 e. The summed E-state index contributed by atoms with van der Waals surface area (Å²) in [7, 11) is 0. The van der Waals surface area contributed by atoms with Gasteiger partial charge in [0.1, 0.15) is 12.0 Å². The Labute approximate surface area is 164 Å². The van der Waals surface area contributed by atoms with Gasteiger partial charge in [0, 0.05) is 41.8 Å². The van der Waals surface area contributed by atoms with E-state index in [2.05, 4.69) is 69.1 Å². The van der Waals surface area contributed by atoms with Gasteiger partial charge in [0.15, 0.2) is 5.82 Å². The number of hydrogen-bond donors (Lipinski definition) is 1. The molecular formula is C22H24N6. The lowest BCUT2D eigenvalue weighted by molar-refractivity contribution is 0.479. The molecule has 3 heterocycles. The lowest BCUT2D eigenvalue weighted by atomic mass is 9.93. The minimum atomic E-state index is 0.270. The number of hydrogen-bond acceptors (Lipinski definition) is 4. The third-order valence-electron chi connectivity index (χ3n) is 5.03. The molecule has 1 atom stereocenters. The van der Waals surface area contributed by atoms with Crippen LogP contribution in [-0.4, -0.2) is 44.3 Å². The molecule has 0 amide bonds. The standard InChI is InChI=1S/C22H24N6/c1-3-28(4-2)15-25-19-11-10-17-20(18-12-13-23-14-24-18)21(27-22(17)26-19)16-8-6-5-7-9-16/h5-8,10-16H,3-4,9H2,1-2H3,(H,26,27). The lowest BCUT2D eigenvalue weighted by Gasteiger charge is -2.14. The van der Waals surface area contributed by atoms with Crippen LogP contribution in [0.25, 0.3) is 22.3 Å². The summed E-state index contributed by atoms with van der Waals surface area (Å²) in [4.78, 5) is 23.5. The average Bonchev–Trinajstić information content (AvgIpc) is 3.14. The van der Waals surface area contributed by atoms with Crippen LogP contribution in [0.4, 0.5) is 5.82 Å². The fourth-order valence-corrected chi connectivity index (χ4v) is 3.47. The fraction of sp³-hybridized carbons (Fsp3) is 0.273. The molecule has 1 N–H and O–H groups in total. The van der Waals surface area contributed by atoms with Crippen LogP contribution < -0.4 is 0 Å². The van der Waals surface area contributed by atoms with Crippen molar-refractivity contribution in [3.63, 3.8) is 0 Å². The molecule has 3 aromatic rings. The Bertz CT molecular complexity index is 1030. The monoisotopic (exact) mass is 372 g/mol.